The highest BCUT2D eigenvalue weighted by molar-refractivity contribution is 6.31. The van der Waals surface area contributed by atoms with Gasteiger partial charge >= 0.3 is 5.97 Å². The Morgan fingerprint density at radius 1 is 1.71 bits per heavy atom. The van der Waals surface area contributed by atoms with Crippen LogP contribution in [-0.2, 0) is 11.2 Å². The van der Waals surface area contributed by atoms with E-state index in [2.05, 4.69) is 9.72 Å². The van der Waals surface area contributed by atoms with Gasteiger partial charge in [-0.2, -0.15) is 0 Å². The second-order valence-electron chi connectivity index (χ2n) is 2.88. The zero-order valence-corrected chi connectivity index (χ0v) is 8.30. The molecule has 1 aromatic rings. The van der Waals surface area contributed by atoms with Crippen molar-refractivity contribution >= 4 is 17.6 Å². The lowest BCUT2D eigenvalue weighted by Gasteiger charge is -2.03. The Labute approximate surface area is 85.8 Å². The Bertz CT molecular complexity index is 392. The van der Waals surface area contributed by atoms with Gasteiger partial charge in [0.05, 0.1) is 13.7 Å². The molecule has 1 aliphatic heterocycles. The predicted octanol–water partition coefficient (Wildman–Crippen LogP) is 1.46. The molecule has 14 heavy (non-hydrogen) atoms. The van der Waals surface area contributed by atoms with Crippen molar-refractivity contribution in [3.63, 3.8) is 0 Å². The Balaban J connectivity index is 2.46. The summed E-state index contributed by atoms with van der Waals surface area (Å²) in [6, 6.07) is 1.65. The molecule has 0 saturated heterocycles. The largest absolute Gasteiger partial charge is 0.490 e. The van der Waals surface area contributed by atoms with Gasteiger partial charge in [0, 0.05) is 12.0 Å². The number of aromatic nitrogens is 1. The number of methoxy groups -OCH3 is 1. The molecule has 1 aliphatic rings. The maximum absolute atomic E-state index is 11.2. The summed E-state index contributed by atoms with van der Waals surface area (Å²) < 4.78 is 9.80. The number of rotatable bonds is 1. The fourth-order valence-corrected chi connectivity index (χ4v) is 1.63. The summed E-state index contributed by atoms with van der Waals surface area (Å²) in [5, 5.41) is 0.223. The second-order valence-corrected chi connectivity index (χ2v) is 3.23. The third kappa shape index (κ3) is 1.42. The summed E-state index contributed by atoms with van der Waals surface area (Å²) in [6.07, 6.45) is 0.752. The monoisotopic (exact) mass is 213 g/mol. The van der Waals surface area contributed by atoms with Gasteiger partial charge in [-0.25, -0.2) is 9.78 Å². The van der Waals surface area contributed by atoms with Gasteiger partial charge in [-0.1, -0.05) is 11.6 Å². The Morgan fingerprint density at radius 2 is 2.50 bits per heavy atom. The van der Waals surface area contributed by atoms with Crippen LogP contribution in [0.5, 0.6) is 5.75 Å². The Kier molecular flexibility index (Phi) is 2.29. The predicted molar refractivity (Wildman–Crippen MR) is 49.8 cm³/mol. The molecular formula is C9H8ClNO3. The van der Waals surface area contributed by atoms with E-state index in [-0.39, 0.29) is 10.8 Å². The van der Waals surface area contributed by atoms with E-state index < -0.39 is 5.97 Å². The van der Waals surface area contributed by atoms with Crippen LogP contribution in [0.4, 0.5) is 0 Å². The molecule has 0 aromatic carbocycles. The summed E-state index contributed by atoms with van der Waals surface area (Å²) in [5.74, 6) is 0.0981. The van der Waals surface area contributed by atoms with E-state index in [0.29, 0.717) is 12.4 Å². The molecular weight excluding hydrogens is 206 g/mol. The summed E-state index contributed by atoms with van der Waals surface area (Å²) in [7, 11) is 1.31. The van der Waals surface area contributed by atoms with Gasteiger partial charge in [-0.15, -0.1) is 0 Å². The van der Waals surface area contributed by atoms with Gasteiger partial charge in [-0.05, 0) is 6.07 Å². The van der Waals surface area contributed by atoms with Crippen LogP contribution in [0.2, 0.25) is 5.15 Å². The Morgan fingerprint density at radius 3 is 3.21 bits per heavy atom. The molecule has 0 aliphatic carbocycles. The fraction of sp³-hybridized carbons (Fsp3) is 0.333. The smallest absolute Gasteiger partial charge is 0.356 e. The molecule has 0 unspecified atom stereocenters. The van der Waals surface area contributed by atoms with Crippen molar-refractivity contribution in [2.75, 3.05) is 13.7 Å². The normalized spacial score (nSPS) is 13.3. The van der Waals surface area contributed by atoms with E-state index in [1.54, 1.807) is 6.07 Å². The van der Waals surface area contributed by atoms with Crippen molar-refractivity contribution in [2.45, 2.75) is 6.42 Å². The van der Waals surface area contributed by atoms with Gasteiger partial charge in [-0.3, -0.25) is 0 Å². The van der Waals surface area contributed by atoms with Crippen LogP contribution >= 0.6 is 11.6 Å². The first-order valence-electron chi connectivity index (χ1n) is 4.13. The highest BCUT2D eigenvalue weighted by Crippen LogP contribution is 2.32. The third-order valence-electron chi connectivity index (χ3n) is 2.02. The molecule has 0 radical (unpaired) electrons. The summed E-state index contributed by atoms with van der Waals surface area (Å²) >= 11 is 5.83. The van der Waals surface area contributed by atoms with Crippen LogP contribution in [0.25, 0.3) is 0 Å². The van der Waals surface area contributed by atoms with Crippen molar-refractivity contribution in [3.8, 4) is 5.75 Å². The van der Waals surface area contributed by atoms with Crippen molar-refractivity contribution in [1.29, 1.82) is 0 Å². The molecule has 0 atom stereocenters. The lowest BCUT2D eigenvalue weighted by molar-refractivity contribution is 0.0594. The molecule has 0 bridgehead atoms. The van der Waals surface area contributed by atoms with Crippen LogP contribution in [0.1, 0.15) is 16.1 Å². The SMILES string of the molecule is COC(=O)c1cc2c(c(Cl)n1)OCC2. The molecule has 0 N–H and O–H groups in total. The molecule has 0 spiro atoms. The number of carbonyl (C=O) groups excluding carboxylic acids is 1. The molecule has 2 rings (SSSR count). The minimum Gasteiger partial charge on any atom is -0.490 e. The zero-order chi connectivity index (χ0) is 10.1. The number of hydrogen-bond acceptors (Lipinski definition) is 4. The number of ether oxygens (including phenoxy) is 2. The molecule has 2 heterocycles. The zero-order valence-electron chi connectivity index (χ0n) is 7.54. The molecule has 1 aromatic heterocycles. The first kappa shape index (κ1) is 9.27. The van der Waals surface area contributed by atoms with Gasteiger partial charge in [0.1, 0.15) is 0 Å². The first-order chi connectivity index (χ1) is 6.72. The average molecular weight is 214 g/mol. The van der Waals surface area contributed by atoms with Crippen LogP contribution in [0.15, 0.2) is 6.07 Å². The quantitative estimate of drug-likeness (QED) is 0.524. The molecule has 0 saturated carbocycles. The van der Waals surface area contributed by atoms with E-state index in [1.807, 2.05) is 0 Å². The van der Waals surface area contributed by atoms with E-state index >= 15 is 0 Å². The maximum atomic E-state index is 11.2. The second kappa shape index (κ2) is 3.46. The summed E-state index contributed by atoms with van der Waals surface area (Å²) in [5.41, 5.74) is 1.13. The summed E-state index contributed by atoms with van der Waals surface area (Å²) in [4.78, 5) is 15.1. The van der Waals surface area contributed by atoms with Crippen molar-refractivity contribution in [3.05, 3.63) is 22.5 Å². The standard InChI is InChI=1S/C9H8ClNO3/c1-13-9(12)6-4-5-2-3-14-7(5)8(10)11-6/h4H,2-3H2,1H3. The average Bonchev–Trinajstić information content (AvgIpc) is 2.64. The fourth-order valence-electron chi connectivity index (χ4n) is 1.36. The van der Waals surface area contributed by atoms with Crippen LogP contribution < -0.4 is 4.74 Å². The minimum absolute atomic E-state index is 0.223. The number of pyridine rings is 1. The topological polar surface area (TPSA) is 48.4 Å². The molecule has 0 amide bonds. The van der Waals surface area contributed by atoms with Crippen molar-refractivity contribution < 1.29 is 14.3 Å². The maximum Gasteiger partial charge on any atom is 0.356 e. The van der Waals surface area contributed by atoms with E-state index in [4.69, 9.17) is 16.3 Å². The van der Waals surface area contributed by atoms with E-state index in [0.717, 1.165) is 12.0 Å². The highest BCUT2D eigenvalue weighted by Gasteiger charge is 2.20. The van der Waals surface area contributed by atoms with Crippen molar-refractivity contribution in [1.82, 2.24) is 4.98 Å². The van der Waals surface area contributed by atoms with Gasteiger partial charge in [0.15, 0.2) is 16.6 Å². The van der Waals surface area contributed by atoms with Gasteiger partial charge in [0.25, 0.3) is 0 Å². The number of esters is 1. The van der Waals surface area contributed by atoms with Gasteiger partial charge < -0.3 is 9.47 Å². The molecule has 0 fully saturated rings. The minimum atomic E-state index is -0.485. The van der Waals surface area contributed by atoms with Crippen LogP contribution in [0.3, 0.4) is 0 Å². The molecule has 74 valence electrons. The number of carbonyl (C=O) groups is 1. The Hall–Kier alpha value is -1.29. The number of halogens is 1. The lowest BCUT2D eigenvalue weighted by atomic mass is 10.2. The van der Waals surface area contributed by atoms with E-state index in [1.165, 1.54) is 7.11 Å². The number of nitrogens with zero attached hydrogens (tertiary/aromatic N) is 1. The van der Waals surface area contributed by atoms with Crippen LogP contribution in [-0.4, -0.2) is 24.7 Å². The third-order valence-corrected chi connectivity index (χ3v) is 2.28. The van der Waals surface area contributed by atoms with Crippen LogP contribution in [0, 0.1) is 0 Å². The van der Waals surface area contributed by atoms with Crippen molar-refractivity contribution in [2.24, 2.45) is 0 Å². The highest BCUT2D eigenvalue weighted by atomic mass is 35.5. The first-order valence-corrected chi connectivity index (χ1v) is 4.50. The lowest BCUT2D eigenvalue weighted by Crippen LogP contribution is -2.05. The number of hydrogen-bond donors (Lipinski definition) is 0. The molecule has 5 heteroatoms. The van der Waals surface area contributed by atoms with Gasteiger partial charge in [0.2, 0.25) is 0 Å². The van der Waals surface area contributed by atoms with E-state index in [9.17, 15) is 4.79 Å². The summed E-state index contributed by atoms with van der Waals surface area (Å²) in [6.45, 7) is 0.585. The molecule has 4 nitrogen and oxygen atoms in total. The number of fused-ring (bicyclic) bond motifs is 1.